The number of furan rings is 1. The van der Waals surface area contributed by atoms with E-state index in [1.165, 1.54) is 0 Å². The number of rotatable bonds is 15. The quantitative estimate of drug-likeness (QED) is 0.315. The zero-order chi connectivity index (χ0) is 29.7. The van der Waals surface area contributed by atoms with E-state index in [4.69, 9.17) is 13.9 Å². The van der Waals surface area contributed by atoms with Gasteiger partial charge >= 0.3 is 0 Å². The number of benzene rings is 1. The van der Waals surface area contributed by atoms with Gasteiger partial charge in [-0.05, 0) is 49.4 Å². The normalized spacial score (nSPS) is 23.4. The van der Waals surface area contributed by atoms with Gasteiger partial charge in [-0.2, -0.15) is 0 Å². The number of epoxide rings is 1. The molecule has 42 heavy (non-hydrogen) atoms. The Labute approximate surface area is 247 Å². The number of hydrogen-bond acceptors (Lipinski definition) is 8. The van der Waals surface area contributed by atoms with Gasteiger partial charge in [0, 0.05) is 43.2 Å². The maximum absolute atomic E-state index is 13.9. The third-order valence-corrected chi connectivity index (χ3v) is 9.16. The summed E-state index contributed by atoms with van der Waals surface area (Å²) in [5, 5.41) is 3.88. The van der Waals surface area contributed by atoms with E-state index in [1.54, 1.807) is 20.1 Å². The predicted octanol–water partition coefficient (Wildman–Crippen LogP) is 3.90. The highest BCUT2D eigenvalue weighted by atomic mass is 16.6. The van der Waals surface area contributed by atoms with Gasteiger partial charge in [0.2, 0.25) is 5.91 Å². The molecule has 1 N–H and O–H groups in total. The Kier molecular flexibility index (Phi) is 9.91. The zero-order valence-electron chi connectivity index (χ0n) is 24.9. The Balaban J connectivity index is 1.28. The van der Waals surface area contributed by atoms with Crippen LogP contribution in [0.5, 0.6) is 0 Å². The molecule has 1 aromatic heterocycles. The molecular formula is C33H44N2O7. The van der Waals surface area contributed by atoms with Gasteiger partial charge in [-0.1, -0.05) is 38.7 Å². The predicted molar refractivity (Wildman–Crippen MR) is 157 cm³/mol. The van der Waals surface area contributed by atoms with Crippen LogP contribution in [0.4, 0.5) is 0 Å². The maximum Gasteiger partial charge on any atom is 0.223 e. The van der Waals surface area contributed by atoms with Crippen LogP contribution in [0.15, 0.2) is 34.9 Å². The number of morpholine rings is 1. The Morgan fingerprint density at radius 1 is 1.07 bits per heavy atom. The third-order valence-electron chi connectivity index (χ3n) is 9.16. The average molecular weight is 581 g/mol. The third kappa shape index (κ3) is 7.94. The topological polar surface area (TPSA) is 118 Å². The molecule has 1 aromatic carbocycles. The second-order valence-electron chi connectivity index (χ2n) is 12.7. The lowest BCUT2D eigenvalue weighted by molar-refractivity contribution is -0.134. The summed E-state index contributed by atoms with van der Waals surface area (Å²) in [6, 6.07) is 6.77. The second-order valence-corrected chi connectivity index (χ2v) is 12.7. The zero-order valence-corrected chi connectivity index (χ0v) is 24.9. The molecule has 228 valence electrons. The van der Waals surface area contributed by atoms with Crippen LogP contribution >= 0.6 is 0 Å². The van der Waals surface area contributed by atoms with E-state index in [0.29, 0.717) is 51.8 Å². The van der Waals surface area contributed by atoms with E-state index in [9.17, 15) is 19.2 Å². The van der Waals surface area contributed by atoms with Gasteiger partial charge < -0.3 is 19.2 Å². The molecular weight excluding hydrogens is 536 g/mol. The molecule has 3 aliphatic rings. The van der Waals surface area contributed by atoms with Crippen molar-refractivity contribution in [1.82, 2.24) is 10.2 Å². The summed E-state index contributed by atoms with van der Waals surface area (Å²) in [6.07, 6.45) is 7.23. The van der Waals surface area contributed by atoms with Gasteiger partial charge in [0.25, 0.3) is 0 Å². The number of amides is 1. The lowest BCUT2D eigenvalue weighted by Gasteiger charge is -2.26. The summed E-state index contributed by atoms with van der Waals surface area (Å²) in [4.78, 5) is 55.5. The summed E-state index contributed by atoms with van der Waals surface area (Å²) in [6.45, 7) is 6.83. The summed E-state index contributed by atoms with van der Waals surface area (Å²) in [5.41, 5.74) is 0.831. The Bertz CT molecular complexity index is 1270. The highest BCUT2D eigenvalue weighted by Crippen LogP contribution is 2.37. The molecule has 3 heterocycles. The van der Waals surface area contributed by atoms with Crippen LogP contribution in [0, 0.1) is 17.8 Å². The molecule has 4 atom stereocenters. The molecule has 0 radical (unpaired) electrons. The summed E-state index contributed by atoms with van der Waals surface area (Å²) < 4.78 is 16.3. The fraction of sp³-hybridized carbons (Fsp3) is 0.636. The van der Waals surface area contributed by atoms with Crippen LogP contribution < -0.4 is 5.32 Å². The van der Waals surface area contributed by atoms with Gasteiger partial charge in [-0.25, -0.2) is 0 Å². The number of ether oxygens (including phenoxy) is 2. The number of carbonyl (C=O) groups is 4. The SMILES string of the molecule is CC(CC(=O)CN1CCOCC1)C(=O)NC(Cc1ccc2occc2c1)C(=O)CC(CC1CCCC1)C(=O)C1(C)CO1. The molecule has 4 unspecified atom stereocenters. The molecule has 5 rings (SSSR count). The Morgan fingerprint density at radius 2 is 1.81 bits per heavy atom. The Morgan fingerprint density at radius 3 is 2.52 bits per heavy atom. The summed E-state index contributed by atoms with van der Waals surface area (Å²) in [5.74, 6) is -1.09. The first-order valence-corrected chi connectivity index (χ1v) is 15.5. The van der Waals surface area contributed by atoms with Crippen LogP contribution in [0.25, 0.3) is 11.0 Å². The van der Waals surface area contributed by atoms with Crippen molar-refractivity contribution in [3.8, 4) is 0 Å². The van der Waals surface area contributed by atoms with Crippen LogP contribution in [-0.2, 0) is 35.1 Å². The minimum Gasteiger partial charge on any atom is -0.464 e. The van der Waals surface area contributed by atoms with Crippen LogP contribution in [0.3, 0.4) is 0 Å². The van der Waals surface area contributed by atoms with Crippen molar-refractivity contribution in [1.29, 1.82) is 0 Å². The van der Waals surface area contributed by atoms with Crippen molar-refractivity contribution in [3.63, 3.8) is 0 Å². The number of Topliss-reactive ketones (excluding diaryl/α,β-unsaturated/α-hetero) is 3. The Hall–Kier alpha value is -2.88. The van der Waals surface area contributed by atoms with E-state index >= 15 is 0 Å². The van der Waals surface area contributed by atoms with E-state index in [0.717, 1.165) is 42.2 Å². The van der Waals surface area contributed by atoms with Gasteiger partial charge in [0.1, 0.15) is 17.0 Å². The fourth-order valence-electron chi connectivity index (χ4n) is 6.44. The van der Waals surface area contributed by atoms with E-state index < -0.39 is 23.5 Å². The molecule has 2 aromatic rings. The van der Waals surface area contributed by atoms with Crippen LogP contribution in [-0.4, -0.2) is 79.3 Å². The van der Waals surface area contributed by atoms with Gasteiger partial charge in [-0.15, -0.1) is 0 Å². The lowest BCUT2D eigenvalue weighted by atomic mass is 9.81. The first kappa shape index (κ1) is 30.6. The monoisotopic (exact) mass is 580 g/mol. The molecule has 2 saturated heterocycles. The standard InChI is InChI=1S/C33H44N2O7/c1-22(15-27(36)20-35-10-13-40-14-11-35)32(39)34-28(18-24-7-8-30-25(17-24)9-12-41-30)29(37)19-26(16-23-5-3-4-6-23)31(38)33(2)21-42-33/h7-9,12,17,22-23,26,28H,3-6,10-11,13-16,18-21H2,1-2H3,(H,34,39). The van der Waals surface area contributed by atoms with E-state index in [-0.39, 0.29) is 42.5 Å². The summed E-state index contributed by atoms with van der Waals surface area (Å²) in [7, 11) is 0. The molecule has 3 fully saturated rings. The second kappa shape index (κ2) is 13.6. The summed E-state index contributed by atoms with van der Waals surface area (Å²) >= 11 is 0. The lowest BCUT2D eigenvalue weighted by Crippen LogP contribution is -2.46. The first-order valence-electron chi connectivity index (χ1n) is 15.5. The average Bonchev–Trinajstić information content (AvgIpc) is 3.32. The highest BCUT2D eigenvalue weighted by molar-refractivity contribution is 5.97. The number of carbonyl (C=O) groups excluding carboxylic acids is 4. The van der Waals surface area contributed by atoms with Crippen LogP contribution in [0.1, 0.15) is 64.4 Å². The molecule has 0 spiro atoms. The molecule has 9 heteroatoms. The van der Waals surface area contributed by atoms with Gasteiger partial charge in [0.15, 0.2) is 11.6 Å². The van der Waals surface area contributed by atoms with Gasteiger partial charge in [-0.3, -0.25) is 24.1 Å². The molecule has 0 bridgehead atoms. The molecule has 1 amide bonds. The van der Waals surface area contributed by atoms with Crippen LogP contribution in [0.2, 0.25) is 0 Å². The van der Waals surface area contributed by atoms with Crippen molar-refractivity contribution in [2.45, 2.75) is 76.9 Å². The van der Waals surface area contributed by atoms with Crippen molar-refractivity contribution in [2.24, 2.45) is 17.8 Å². The minimum absolute atomic E-state index is 0.00489. The molecule has 1 saturated carbocycles. The smallest absolute Gasteiger partial charge is 0.223 e. The number of ketones is 3. The molecule has 2 aliphatic heterocycles. The highest BCUT2D eigenvalue weighted by Gasteiger charge is 2.50. The van der Waals surface area contributed by atoms with E-state index in [1.807, 2.05) is 29.2 Å². The van der Waals surface area contributed by atoms with Crippen molar-refractivity contribution < 1.29 is 33.1 Å². The van der Waals surface area contributed by atoms with Crippen molar-refractivity contribution in [3.05, 3.63) is 36.1 Å². The maximum atomic E-state index is 13.9. The van der Waals surface area contributed by atoms with Gasteiger partial charge in [0.05, 0.1) is 38.7 Å². The number of nitrogens with zero attached hydrogens (tertiary/aromatic N) is 1. The number of hydrogen-bond donors (Lipinski definition) is 1. The van der Waals surface area contributed by atoms with E-state index in [2.05, 4.69) is 5.32 Å². The number of nitrogens with one attached hydrogen (secondary N) is 1. The fourth-order valence-corrected chi connectivity index (χ4v) is 6.44. The minimum atomic E-state index is -0.814. The molecule has 9 nitrogen and oxygen atoms in total. The molecule has 1 aliphatic carbocycles. The first-order chi connectivity index (χ1) is 20.2. The largest absolute Gasteiger partial charge is 0.464 e. The van der Waals surface area contributed by atoms with Crippen molar-refractivity contribution in [2.75, 3.05) is 39.5 Å². The van der Waals surface area contributed by atoms with Crippen molar-refractivity contribution >= 4 is 34.2 Å². The number of fused-ring (bicyclic) bond motifs is 1.